The van der Waals surface area contributed by atoms with E-state index in [0.717, 1.165) is 20.3 Å². The van der Waals surface area contributed by atoms with Crippen LogP contribution in [0.2, 0.25) is 10.0 Å². The van der Waals surface area contributed by atoms with Gasteiger partial charge in [0, 0.05) is 15.6 Å². The number of rotatable bonds is 7. The minimum atomic E-state index is -0.455. The molecule has 1 fully saturated rings. The fourth-order valence-electron chi connectivity index (χ4n) is 3.51. The number of aryl methyl sites for hydroxylation is 1. The molecule has 0 aliphatic carbocycles. The lowest BCUT2D eigenvalue weighted by molar-refractivity contribution is -0.123. The monoisotopic (exact) mass is 622 g/mol. The molecule has 3 aromatic carbocycles. The number of urea groups is 1. The number of imide groups is 1. The zero-order chi connectivity index (χ0) is 25.1. The third-order valence-corrected chi connectivity index (χ3v) is 6.76. The number of hydrogen-bond acceptors (Lipinski definition) is 4. The molecule has 0 radical (unpaired) electrons. The van der Waals surface area contributed by atoms with Gasteiger partial charge in [-0.25, -0.2) is 4.79 Å². The maximum atomic E-state index is 12.9. The molecule has 1 saturated heterocycles. The smallest absolute Gasteiger partial charge is 0.329 e. The van der Waals surface area contributed by atoms with Gasteiger partial charge in [-0.15, -0.1) is 0 Å². The van der Waals surface area contributed by atoms with Gasteiger partial charge in [0.2, 0.25) is 0 Å². The van der Waals surface area contributed by atoms with Gasteiger partial charge in [-0.3, -0.25) is 9.69 Å². The summed E-state index contributed by atoms with van der Waals surface area (Å²) in [7, 11) is 1.54. The highest BCUT2D eigenvalue weighted by molar-refractivity contribution is 14.1. The molecule has 1 N–H and O–H groups in total. The van der Waals surface area contributed by atoms with Crippen molar-refractivity contribution < 1.29 is 19.1 Å². The lowest BCUT2D eigenvalue weighted by Crippen LogP contribution is -2.30. The van der Waals surface area contributed by atoms with Gasteiger partial charge in [0.25, 0.3) is 5.91 Å². The van der Waals surface area contributed by atoms with E-state index in [-0.39, 0.29) is 24.8 Å². The fourth-order valence-corrected chi connectivity index (χ4v) is 4.75. The zero-order valence-corrected chi connectivity index (χ0v) is 22.6. The Labute approximate surface area is 226 Å². The van der Waals surface area contributed by atoms with Crippen LogP contribution in [0.4, 0.5) is 4.79 Å². The molecule has 0 spiro atoms. The van der Waals surface area contributed by atoms with Crippen molar-refractivity contribution >= 4 is 63.8 Å². The Bertz CT molecular complexity index is 1330. The number of methoxy groups -OCH3 is 1. The molecular weight excluding hydrogens is 602 g/mol. The van der Waals surface area contributed by atoms with Crippen LogP contribution in [0.5, 0.6) is 11.5 Å². The Morgan fingerprint density at radius 2 is 1.80 bits per heavy atom. The summed E-state index contributed by atoms with van der Waals surface area (Å²) in [4.78, 5) is 26.6. The van der Waals surface area contributed by atoms with Crippen molar-refractivity contribution in [3.8, 4) is 11.5 Å². The highest BCUT2D eigenvalue weighted by Crippen LogP contribution is 2.36. The van der Waals surface area contributed by atoms with Crippen molar-refractivity contribution in [1.29, 1.82) is 0 Å². The number of nitrogens with zero attached hydrogens (tertiary/aromatic N) is 1. The minimum absolute atomic E-state index is 0.196. The molecule has 3 aromatic rings. The number of amides is 3. The van der Waals surface area contributed by atoms with Gasteiger partial charge >= 0.3 is 6.03 Å². The predicted octanol–water partition coefficient (Wildman–Crippen LogP) is 6.59. The van der Waals surface area contributed by atoms with Crippen LogP contribution < -0.4 is 14.8 Å². The van der Waals surface area contributed by atoms with Gasteiger partial charge in [-0.1, -0.05) is 59.1 Å². The summed E-state index contributed by atoms with van der Waals surface area (Å²) in [6.07, 6.45) is 1.62. The molecule has 3 amide bonds. The zero-order valence-electron chi connectivity index (χ0n) is 18.9. The molecule has 1 aliphatic heterocycles. The van der Waals surface area contributed by atoms with Gasteiger partial charge in [-0.05, 0) is 71.0 Å². The van der Waals surface area contributed by atoms with Crippen LogP contribution in [0.15, 0.2) is 60.3 Å². The van der Waals surface area contributed by atoms with Crippen molar-refractivity contribution in [2.45, 2.75) is 20.1 Å². The normalized spacial score (nSPS) is 14.4. The second-order valence-corrected chi connectivity index (χ2v) is 9.93. The van der Waals surface area contributed by atoms with Gasteiger partial charge in [0.15, 0.2) is 11.5 Å². The molecule has 1 aliphatic rings. The molecule has 6 nitrogen and oxygen atoms in total. The molecule has 0 aromatic heterocycles. The van der Waals surface area contributed by atoms with E-state index in [4.69, 9.17) is 32.7 Å². The van der Waals surface area contributed by atoms with Crippen LogP contribution in [0.3, 0.4) is 0 Å². The molecule has 0 bridgehead atoms. The summed E-state index contributed by atoms with van der Waals surface area (Å²) < 4.78 is 12.3. The number of benzene rings is 3. The van der Waals surface area contributed by atoms with Crippen molar-refractivity contribution in [2.75, 3.05) is 7.11 Å². The summed E-state index contributed by atoms with van der Waals surface area (Å²) >= 11 is 14.4. The highest BCUT2D eigenvalue weighted by Gasteiger charge is 2.33. The summed E-state index contributed by atoms with van der Waals surface area (Å²) in [6.45, 7) is 2.41. The Kier molecular flexibility index (Phi) is 7.88. The standard InChI is InChI=1S/C26H21Cl2IN2O4/c1-15-3-5-16(6-4-15)13-31-25(32)22(30-26(31)33)10-17-9-21(29)24(23(11-17)34-2)35-14-18-7-8-19(27)12-20(18)28/h3-12H,13-14H2,1-2H3,(H,30,33)/b22-10+. The van der Waals surface area contributed by atoms with Crippen LogP contribution in [0.25, 0.3) is 6.08 Å². The highest BCUT2D eigenvalue weighted by atomic mass is 127. The van der Waals surface area contributed by atoms with Crippen LogP contribution in [-0.4, -0.2) is 23.9 Å². The van der Waals surface area contributed by atoms with E-state index in [1.807, 2.05) is 37.3 Å². The summed E-state index contributed by atoms with van der Waals surface area (Å²) in [5, 5.41) is 3.72. The average molecular weight is 623 g/mol. The van der Waals surface area contributed by atoms with E-state index < -0.39 is 6.03 Å². The molecular formula is C26H21Cl2IN2O4. The molecule has 9 heteroatoms. The van der Waals surface area contributed by atoms with E-state index in [1.165, 1.54) is 12.0 Å². The average Bonchev–Trinajstić information content (AvgIpc) is 3.07. The van der Waals surface area contributed by atoms with E-state index in [9.17, 15) is 9.59 Å². The molecule has 180 valence electrons. The van der Waals surface area contributed by atoms with Crippen molar-refractivity contribution in [3.63, 3.8) is 0 Å². The first-order valence-electron chi connectivity index (χ1n) is 10.6. The van der Waals surface area contributed by atoms with Gasteiger partial charge in [0.05, 0.1) is 17.2 Å². The topological polar surface area (TPSA) is 67.9 Å². The van der Waals surface area contributed by atoms with Gasteiger partial charge in [-0.2, -0.15) is 0 Å². The minimum Gasteiger partial charge on any atom is -0.493 e. The maximum Gasteiger partial charge on any atom is 0.329 e. The lowest BCUT2D eigenvalue weighted by Gasteiger charge is -2.14. The van der Waals surface area contributed by atoms with Crippen LogP contribution in [0, 0.1) is 10.5 Å². The predicted molar refractivity (Wildman–Crippen MR) is 145 cm³/mol. The Morgan fingerprint density at radius 3 is 2.49 bits per heavy atom. The van der Waals surface area contributed by atoms with Gasteiger partial charge < -0.3 is 14.8 Å². The van der Waals surface area contributed by atoms with E-state index in [0.29, 0.717) is 27.1 Å². The Hall–Kier alpha value is -2.75. The first-order valence-corrected chi connectivity index (χ1v) is 12.4. The summed E-state index contributed by atoms with van der Waals surface area (Å²) in [6, 6.07) is 16.1. The van der Waals surface area contributed by atoms with E-state index in [2.05, 4.69) is 27.9 Å². The molecule has 0 unspecified atom stereocenters. The number of halogens is 3. The van der Waals surface area contributed by atoms with E-state index in [1.54, 1.807) is 30.3 Å². The molecule has 0 atom stereocenters. The van der Waals surface area contributed by atoms with E-state index >= 15 is 0 Å². The SMILES string of the molecule is COc1cc(/C=C2/NC(=O)N(Cc3ccc(C)cc3)C2=O)cc(I)c1OCc1ccc(Cl)cc1Cl. The molecule has 1 heterocycles. The Morgan fingerprint density at radius 1 is 1.06 bits per heavy atom. The van der Waals surface area contributed by atoms with Crippen LogP contribution in [-0.2, 0) is 17.9 Å². The first kappa shape index (κ1) is 25.3. The molecule has 35 heavy (non-hydrogen) atoms. The number of carbonyl (C=O) groups is 2. The van der Waals surface area contributed by atoms with Crippen molar-refractivity contribution in [1.82, 2.24) is 10.2 Å². The number of nitrogens with one attached hydrogen (secondary N) is 1. The quantitative estimate of drug-likeness (QED) is 0.183. The maximum absolute atomic E-state index is 12.9. The fraction of sp³-hybridized carbons (Fsp3) is 0.154. The summed E-state index contributed by atoms with van der Waals surface area (Å²) in [5.41, 5.74) is 3.65. The lowest BCUT2D eigenvalue weighted by atomic mass is 10.1. The van der Waals surface area contributed by atoms with Crippen LogP contribution >= 0.6 is 45.8 Å². The number of ether oxygens (including phenoxy) is 2. The number of hydrogen-bond donors (Lipinski definition) is 1. The summed E-state index contributed by atoms with van der Waals surface area (Å²) in [5.74, 6) is 0.647. The Balaban J connectivity index is 1.53. The molecule has 4 rings (SSSR count). The van der Waals surface area contributed by atoms with Crippen molar-refractivity contribution in [2.24, 2.45) is 0 Å². The first-order chi connectivity index (χ1) is 16.7. The van der Waals surface area contributed by atoms with Gasteiger partial charge in [0.1, 0.15) is 12.3 Å². The largest absolute Gasteiger partial charge is 0.493 e. The van der Waals surface area contributed by atoms with Crippen molar-refractivity contribution in [3.05, 3.63) is 96.2 Å². The third kappa shape index (κ3) is 5.91. The second-order valence-electron chi connectivity index (χ2n) is 7.92. The number of carbonyl (C=O) groups excluding carboxylic acids is 2. The third-order valence-electron chi connectivity index (χ3n) is 5.37. The van der Waals surface area contributed by atoms with Crippen LogP contribution in [0.1, 0.15) is 22.3 Å². The second kappa shape index (κ2) is 10.9. The molecule has 0 saturated carbocycles.